The van der Waals surface area contributed by atoms with Gasteiger partial charge in [0.2, 0.25) is 0 Å². The molecule has 0 amide bonds. The summed E-state index contributed by atoms with van der Waals surface area (Å²) in [5, 5.41) is 0.927. The molecule has 1 nitrogen and oxygen atoms in total. The molecule has 0 aliphatic carbocycles. The topological polar surface area (TPSA) is 26.0 Å². The molecule has 1 aromatic rings. The van der Waals surface area contributed by atoms with Gasteiger partial charge in [0, 0.05) is 11.9 Å². The van der Waals surface area contributed by atoms with Gasteiger partial charge in [0.25, 0.3) is 0 Å². The van der Waals surface area contributed by atoms with Gasteiger partial charge in [-0.3, -0.25) is 0 Å². The number of hydrogen-bond acceptors (Lipinski definition) is 1. The van der Waals surface area contributed by atoms with Gasteiger partial charge in [0.05, 0.1) is 0 Å². The summed E-state index contributed by atoms with van der Waals surface area (Å²) in [6.07, 6.45) is 2.31. The average Bonchev–Trinajstić information content (AvgIpc) is 2.18. The molecule has 2 N–H and O–H groups in total. The molecule has 13 heavy (non-hydrogen) atoms. The predicted octanol–water partition coefficient (Wildman–Crippen LogP) is 2.99. The Labute approximate surface area is 88.5 Å². The Kier molecular flexibility index (Phi) is 4.46. The molecule has 72 valence electrons. The summed E-state index contributed by atoms with van der Waals surface area (Å²) in [5.74, 6) is 0. The number of alkyl halides is 1. The largest absolute Gasteiger partial charge is 0.326 e. The lowest BCUT2D eigenvalue weighted by molar-refractivity contribution is 0.882. The van der Waals surface area contributed by atoms with Crippen molar-refractivity contribution in [3.8, 4) is 0 Å². The molecule has 0 unspecified atom stereocenters. The Morgan fingerprint density at radius 3 is 2.54 bits per heavy atom. The summed E-state index contributed by atoms with van der Waals surface area (Å²) in [6, 6.07) is 6.37. The van der Waals surface area contributed by atoms with Crippen LogP contribution in [0.5, 0.6) is 0 Å². The molecule has 0 bridgehead atoms. The van der Waals surface area contributed by atoms with Crippen molar-refractivity contribution in [1.29, 1.82) is 0 Å². The van der Waals surface area contributed by atoms with Gasteiger partial charge < -0.3 is 5.73 Å². The molecule has 0 aliphatic heterocycles. The van der Waals surface area contributed by atoms with Crippen molar-refractivity contribution in [2.75, 3.05) is 0 Å². The number of benzene rings is 1. The van der Waals surface area contributed by atoms with Crippen molar-refractivity contribution >= 4 is 15.9 Å². The monoisotopic (exact) mass is 241 g/mol. The van der Waals surface area contributed by atoms with Crippen LogP contribution in [0.3, 0.4) is 0 Å². The zero-order chi connectivity index (χ0) is 9.68. The van der Waals surface area contributed by atoms with E-state index in [9.17, 15) is 0 Å². The molecule has 1 aromatic carbocycles. The van der Waals surface area contributed by atoms with Crippen LogP contribution < -0.4 is 5.73 Å². The molecule has 0 atom stereocenters. The average molecular weight is 242 g/mol. The molecule has 0 radical (unpaired) electrons. The fraction of sp³-hybridized carbons (Fsp3) is 0.455. The zero-order valence-corrected chi connectivity index (χ0v) is 9.60. The van der Waals surface area contributed by atoms with Crippen LogP contribution in [-0.2, 0) is 18.3 Å². The second-order valence-electron chi connectivity index (χ2n) is 3.14. The Hall–Kier alpha value is -0.340. The van der Waals surface area contributed by atoms with Crippen LogP contribution in [0.1, 0.15) is 30.0 Å². The number of halogens is 1. The molecule has 0 aromatic heterocycles. The van der Waals surface area contributed by atoms with E-state index in [0.29, 0.717) is 6.54 Å². The highest BCUT2D eigenvalue weighted by atomic mass is 79.9. The Bertz CT molecular complexity index is 249. The highest BCUT2D eigenvalue weighted by Crippen LogP contribution is 2.19. The molecule has 0 heterocycles. The molecular formula is C11H16BrN. The highest BCUT2D eigenvalue weighted by Gasteiger charge is 2.04. The lowest BCUT2D eigenvalue weighted by Crippen LogP contribution is -2.04. The second-order valence-corrected chi connectivity index (χ2v) is 3.70. The first-order valence-electron chi connectivity index (χ1n) is 4.69. The molecule has 2 heteroatoms. The fourth-order valence-corrected chi connectivity index (χ4v) is 2.10. The van der Waals surface area contributed by atoms with E-state index in [2.05, 4.69) is 41.1 Å². The van der Waals surface area contributed by atoms with E-state index in [1.165, 1.54) is 23.1 Å². The smallest absolute Gasteiger partial charge is 0.0285 e. The normalized spacial score (nSPS) is 10.4. The number of rotatable bonds is 4. The van der Waals surface area contributed by atoms with E-state index in [4.69, 9.17) is 5.73 Å². The standard InChI is InChI=1S/C11H16BrN/c1-2-4-11-9(7-12)5-3-6-10(11)8-13/h3,5-6H,2,4,7-8,13H2,1H3. The molecule has 0 saturated carbocycles. The van der Waals surface area contributed by atoms with Crippen molar-refractivity contribution in [2.24, 2.45) is 5.73 Å². The van der Waals surface area contributed by atoms with Crippen LogP contribution in [0, 0.1) is 0 Å². The summed E-state index contributed by atoms with van der Waals surface area (Å²) in [4.78, 5) is 0. The summed E-state index contributed by atoms with van der Waals surface area (Å²) < 4.78 is 0. The molecule has 0 spiro atoms. The third-order valence-corrected chi connectivity index (χ3v) is 2.84. The maximum absolute atomic E-state index is 5.69. The van der Waals surface area contributed by atoms with Gasteiger partial charge in [0.1, 0.15) is 0 Å². The van der Waals surface area contributed by atoms with Crippen LogP contribution in [-0.4, -0.2) is 0 Å². The maximum atomic E-state index is 5.69. The van der Waals surface area contributed by atoms with Gasteiger partial charge in [-0.1, -0.05) is 47.5 Å². The third kappa shape index (κ3) is 2.55. The van der Waals surface area contributed by atoms with E-state index in [1.54, 1.807) is 0 Å². The summed E-state index contributed by atoms with van der Waals surface area (Å²) in [5.41, 5.74) is 9.79. The lowest BCUT2D eigenvalue weighted by Gasteiger charge is -2.11. The van der Waals surface area contributed by atoms with Gasteiger partial charge in [-0.25, -0.2) is 0 Å². The van der Waals surface area contributed by atoms with E-state index < -0.39 is 0 Å². The third-order valence-electron chi connectivity index (χ3n) is 2.23. The van der Waals surface area contributed by atoms with E-state index >= 15 is 0 Å². The Balaban J connectivity index is 3.05. The first-order chi connectivity index (χ1) is 6.33. The molecule has 0 saturated heterocycles. The van der Waals surface area contributed by atoms with Crippen LogP contribution in [0.2, 0.25) is 0 Å². The lowest BCUT2D eigenvalue weighted by atomic mass is 9.98. The minimum atomic E-state index is 0.649. The van der Waals surface area contributed by atoms with Crippen molar-refractivity contribution in [3.05, 3.63) is 34.9 Å². The van der Waals surface area contributed by atoms with Crippen molar-refractivity contribution in [1.82, 2.24) is 0 Å². The fourth-order valence-electron chi connectivity index (χ4n) is 1.58. The molecule has 0 fully saturated rings. The van der Waals surface area contributed by atoms with Crippen LogP contribution in [0.25, 0.3) is 0 Å². The van der Waals surface area contributed by atoms with Gasteiger partial charge in [-0.2, -0.15) is 0 Å². The van der Waals surface area contributed by atoms with Crippen molar-refractivity contribution in [3.63, 3.8) is 0 Å². The zero-order valence-electron chi connectivity index (χ0n) is 8.02. The van der Waals surface area contributed by atoms with E-state index in [-0.39, 0.29) is 0 Å². The van der Waals surface area contributed by atoms with Gasteiger partial charge >= 0.3 is 0 Å². The SMILES string of the molecule is CCCc1c(CN)cccc1CBr. The highest BCUT2D eigenvalue weighted by molar-refractivity contribution is 9.08. The first kappa shape index (κ1) is 10.7. The maximum Gasteiger partial charge on any atom is 0.0285 e. The Morgan fingerprint density at radius 1 is 1.31 bits per heavy atom. The molecule has 0 aliphatic rings. The van der Waals surface area contributed by atoms with Crippen LogP contribution in [0.4, 0.5) is 0 Å². The van der Waals surface area contributed by atoms with Gasteiger partial charge in [-0.15, -0.1) is 0 Å². The van der Waals surface area contributed by atoms with Crippen LogP contribution >= 0.6 is 15.9 Å². The molecular weight excluding hydrogens is 226 g/mol. The van der Waals surface area contributed by atoms with E-state index in [1.807, 2.05) is 0 Å². The first-order valence-corrected chi connectivity index (χ1v) is 5.81. The van der Waals surface area contributed by atoms with Crippen molar-refractivity contribution < 1.29 is 0 Å². The molecule has 1 rings (SSSR count). The number of hydrogen-bond donors (Lipinski definition) is 1. The van der Waals surface area contributed by atoms with E-state index in [0.717, 1.165) is 11.8 Å². The quantitative estimate of drug-likeness (QED) is 0.807. The van der Waals surface area contributed by atoms with Gasteiger partial charge in [-0.05, 0) is 23.1 Å². The predicted molar refractivity (Wildman–Crippen MR) is 61.0 cm³/mol. The summed E-state index contributed by atoms with van der Waals surface area (Å²) >= 11 is 3.50. The minimum absolute atomic E-state index is 0.649. The summed E-state index contributed by atoms with van der Waals surface area (Å²) in [6.45, 7) is 2.85. The second kappa shape index (κ2) is 5.40. The summed E-state index contributed by atoms with van der Waals surface area (Å²) in [7, 11) is 0. The van der Waals surface area contributed by atoms with Crippen molar-refractivity contribution in [2.45, 2.75) is 31.6 Å². The number of nitrogens with two attached hydrogens (primary N) is 1. The van der Waals surface area contributed by atoms with Crippen LogP contribution in [0.15, 0.2) is 18.2 Å². The van der Waals surface area contributed by atoms with Gasteiger partial charge in [0.15, 0.2) is 0 Å². The Morgan fingerprint density at radius 2 is 2.00 bits per heavy atom. The minimum Gasteiger partial charge on any atom is -0.326 e.